The van der Waals surface area contributed by atoms with Crippen LogP contribution in [0.5, 0.6) is 0 Å². The highest BCUT2D eigenvalue weighted by atomic mass is 79.9. The van der Waals surface area contributed by atoms with Crippen molar-refractivity contribution in [2.45, 2.75) is 33.2 Å². The number of nitrogens with one attached hydrogen (secondary N) is 1. The van der Waals surface area contributed by atoms with Crippen LogP contribution in [-0.4, -0.2) is 23.4 Å². The topological polar surface area (TPSA) is 29.9 Å². The molecule has 0 fully saturated rings. The van der Waals surface area contributed by atoms with Crippen molar-refractivity contribution < 1.29 is 0 Å². The second kappa shape index (κ2) is 6.86. The lowest BCUT2D eigenvalue weighted by Gasteiger charge is -2.02. The van der Waals surface area contributed by atoms with E-state index in [0.29, 0.717) is 0 Å². The third-order valence-corrected chi connectivity index (χ3v) is 3.52. The molecule has 0 atom stereocenters. The molecule has 0 bridgehead atoms. The quantitative estimate of drug-likeness (QED) is 0.643. The molecule has 1 N–H and O–H groups in total. The molecular weight excluding hydrogens is 266 g/mol. The second-order valence-corrected chi connectivity index (χ2v) is 4.52. The molecule has 0 aromatic carbocycles. The minimum absolute atomic E-state index is 0.923. The van der Waals surface area contributed by atoms with Crippen molar-refractivity contribution in [1.29, 1.82) is 0 Å². The van der Waals surface area contributed by atoms with Gasteiger partial charge in [0.25, 0.3) is 0 Å². The smallest absolute Gasteiger partial charge is 0.0738 e. The molecule has 1 aromatic heterocycles. The Bertz CT molecular complexity index is 355. The molecular formula is C12H20BrN3. The molecule has 0 unspecified atom stereocenters. The van der Waals surface area contributed by atoms with E-state index >= 15 is 0 Å². The van der Waals surface area contributed by atoms with Crippen LogP contribution in [0.1, 0.15) is 24.7 Å². The molecule has 0 aliphatic carbocycles. The number of rotatable bonds is 6. The molecule has 0 radical (unpaired) electrons. The first-order valence-corrected chi connectivity index (χ1v) is 6.51. The van der Waals surface area contributed by atoms with Crippen molar-refractivity contribution in [3.05, 3.63) is 28.0 Å². The van der Waals surface area contributed by atoms with Gasteiger partial charge >= 0.3 is 0 Å². The van der Waals surface area contributed by atoms with Crippen molar-refractivity contribution in [2.24, 2.45) is 0 Å². The number of aromatic nitrogens is 2. The van der Waals surface area contributed by atoms with Crippen LogP contribution < -0.4 is 5.32 Å². The van der Waals surface area contributed by atoms with E-state index in [4.69, 9.17) is 0 Å². The second-order valence-electron chi connectivity index (χ2n) is 3.73. The first-order valence-electron chi connectivity index (χ1n) is 5.72. The molecule has 1 heterocycles. The van der Waals surface area contributed by atoms with Gasteiger partial charge < -0.3 is 5.32 Å². The first kappa shape index (κ1) is 13.5. The fourth-order valence-corrected chi connectivity index (χ4v) is 2.05. The van der Waals surface area contributed by atoms with E-state index in [0.717, 1.165) is 36.1 Å². The van der Waals surface area contributed by atoms with Gasteiger partial charge in [0.1, 0.15) is 0 Å². The molecule has 0 aliphatic heterocycles. The van der Waals surface area contributed by atoms with Gasteiger partial charge in [-0.15, -0.1) is 0 Å². The summed E-state index contributed by atoms with van der Waals surface area (Å²) >= 11 is 3.60. The number of halogens is 1. The van der Waals surface area contributed by atoms with E-state index in [2.05, 4.69) is 50.1 Å². The molecule has 16 heavy (non-hydrogen) atoms. The SMILES string of the molecule is CCn1nc(C)c(Br)c1CC=CCCNC. The number of hydrogen-bond acceptors (Lipinski definition) is 2. The summed E-state index contributed by atoms with van der Waals surface area (Å²) in [5.74, 6) is 0. The Hall–Kier alpha value is -0.610. The first-order chi connectivity index (χ1) is 7.70. The molecule has 0 saturated heterocycles. The molecule has 0 saturated carbocycles. The largest absolute Gasteiger partial charge is 0.319 e. The van der Waals surface area contributed by atoms with Crippen LogP contribution in [0.4, 0.5) is 0 Å². The van der Waals surface area contributed by atoms with Crippen LogP contribution in [0.25, 0.3) is 0 Å². The minimum atomic E-state index is 0.923. The predicted octanol–water partition coefficient (Wildman–Crippen LogP) is 2.68. The molecule has 3 nitrogen and oxygen atoms in total. The zero-order valence-electron chi connectivity index (χ0n) is 10.3. The maximum Gasteiger partial charge on any atom is 0.0738 e. The molecule has 0 aliphatic rings. The molecule has 1 aromatic rings. The average molecular weight is 286 g/mol. The Morgan fingerprint density at radius 2 is 2.19 bits per heavy atom. The summed E-state index contributed by atoms with van der Waals surface area (Å²) in [4.78, 5) is 0. The Balaban J connectivity index is 2.62. The summed E-state index contributed by atoms with van der Waals surface area (Å²) in [6.07, 6.45) is 6.45. The highest BCUT2D eigenvalue weighted by Gasteiger charge is 2.09. The van der Waals surface area contributed by atoms with E-state index < -0.39 is 0 Å². The lowest BCUT2D eigenvalue weighted by Crippen LogP contribution is -2.06. The zero-order chi connectivity index (χ0) is 12.0. The van der Waals surface area contributed by atoms with Gasteiger partial charge in [0, 0.05) is 13.0 Å². The fourth-order valence-electron chi connectivity index (χ4n) is 1.60. The number of hydrogen-bond donors (Lipinski definition) is 1. The van der Waals surface area contributed by atoms with Crippen molar-refractivity contribution in [1.82, 2.24) is 15.1 Å². The molecule has 0 spiro atoms. The van der Waals surface area contributed by atoms with Crippen molar-refractivity contribution in [3.8, 4) is 0 Å². The Morgan fingerprint density at radius 3 is 2.81 bits per heavy atom. The summed E-state index contributed by atoms with van der Waals surface area (Å²) in [5.41, 5.74) is 2.33. The van der Waals surface area contributed by atoms with E-state index in [1.165, 1.54) is 5.69 Å². The molecule has 90 valence electrons. The highest BCUT2D eigenvalue weighted by Crippen LogP contribution is 2.21. The summed E-state index contributed by atoms with van der Waals surface area (Å²) in [5, 5.41) is 7.59. The highest BCUT2D eigenvalue weighted by molar-refractivity contribution is 9.10. The number of nitrogens with zero attached hydrogens (tertiary/aromatic N) is 2. The van der Waals surface area contributed by atoms with Gasteiger partial charge in [0.05, 0.1) is 15.9 Å². The third-order valence-electron chi connectivity index (χ3n) is 2.49. The van der Waals surface area contributed by atoms with E-state index in [1.807, 2.05) is 14.0 Å². The van der Waals surface area contributed by atoms with E-state index in [-0.39, 0.29) is 0 Å². The van der Waals surface area contributed by atoms with Gasteiger partial charge in [-0.3, -0.25) is 4.68 Å². The summed E-state index contributed by atoms with van der Waals surface area (Å²) in [6.45, 7) is 6.10. The summed E-state index contributed by atoms with van der Waals surface area (Å²) < 4.78 is 3.20. The van der Waals surface area contributed by atoms with Crippen LogP contribution in [0.2, 0.25) is 0 Å². The summed E-state index contributed by atoms with van der Waals surface area (Å²) in [6, 6.07) is 0. The lowest BCUT2D eigenvalue weighted by atomic mass is 10.2. The van der Waals surface area contributed by atoms with Crippen molar-refractivity contribution >= 4 is 15.9 Å². The lowest BCUT2D eigenvalue weighted by molar-refractivity contribution is 0.626. The number of allylic oxidation sites excluding steroid dienone is 1. The van der Waals surface area contributed by atoms with Gasteiger partial charge in [-0.05, 0) is 49.8 Å². The van der Waals surface area contributed by atoms with Crippen molar-refractivity contribution in [3.63, 3.8) is 0 Å². The van der Waals surface area contributed by atoms with E-state index in [1.54, 1.807) is 0 Å². The zero-order valence-corrected chi connectivity index (χ0v) is 11.8. The fraction of sp³-hybridized carbons (Fsp3) is 0.583. The average Bonchev–Trinajstić information content (AvgIpc) is 2.56. The van der Waals surface area contributed by atoms with Gasteiger partial charge in [0.15, 0.2) is 0 Å². The van der Waals surface area contributed by atoms with Crippen LogP contribution in [0.15, 0.2) is 16.6 Å². The minimum Gasteiger partial charge on any atom is -0.319 e. The van der Waals surface area contributed by atoms with Crippen molar-refractivity contribution in [2.75, 3.05) is 13.6 Å². The molecule has 1 rings (SSSR count). The molecule has 4 heteroatoms. The van der Waals surface area contributed by atoms with Crippen LogP contribution in [-0.2, 0) is 13.0 Å². The molecule has 0 amide bonds. The van der Waals surface area contributed by atoms with E-state index in [9.17, 15) is 0 Å². The van der Waals surface area contributed by atoms with Gasteiger partial charge in [-0.1, -0.05) is 12.2 Å². The monoisotopic (exact) mass is 285 g/mol. The standard InChI is InChI=1S/C12H20BrN3/c1-4-16-11(12(13)10(2)15-16)8-6-5-7-9-14-3/h5-6,14H,4,7-9H2,1-3H3. The van der Waals surface area contributed by atoms with Crippen LogP contribution in [0.3, 0.4) is 0 Å². The normalized spacial score (nSPS) is 11.5. The van der Waals surface area contributed by atoms with Gasteiger partial charge in [0.2, 0.25) is 0 Å². The maximum absolute atomic E-state index is 4.47. The Morgan fingerprint density at radius 1 is 1.44 bits per heavy atom. The van der Waals surface area contributed by atoms with Crippen LogP contribution in [0, 0.1) is 6.92 Å². The Kier molecular flexibility index (Phi) is 5.77. The van der Waals surface area contributed by atoms with Gasteiger partial charge in [-0.25, -0.2) is 0 Å². The predicted molar refractivity (Wildman–Crippen MR) is 71.7 cm³/mol. The van der Waals surface area contributed by atoms with Crippen LogP contribution >= 0.6 is 15.9 Å². The maximum atomic E-state index is 4.47. The number of aryl methyl sites for hydroxylation is 2. The Labute approximate surface area is 106 Å². The van der Waals surface area contributed by atoms with Gasteiger partial charge in [-0.2, -0.15) is 5.10 Å². The summed E-state index contributed by atoms with van der Waals surface area (Å²) in [7, 11) is 1.97. The third kappa shape index (κ3) is 3.46.